The molecule has 1 fully saturated rings. The Kier molecular flexibility index (Phi) is 7.14. The van der Waals surface area contributed by atoms with Crippen molar-refractivity contribution >= 4 is 0 Å². The van der Waals surface area contributed by atoms with E-state index in [0.717, 1.165) is 30.8 Å². The van der Waals surface area contributed by atoms with E-state index in [9.17, 15) is 0 Å². The summed E-state index contributed by atoms with van der Waals surface area (Å²) < 4.78 is 0. The summed E-state index contributed by atoms with van der Waals surface area (Å²) in [5, 5.41) is 3.54. The molecule has 1 aliphatic heterocycles. The Morgan fingerprint density at radius 3 is 2.53 bits per heavy atom. The van der Waals surface area contributed by atoms with E-state index in [1.54, 1.807) is 0 Å². The molecule has 102 valence electrons. The average molecular weight is 240 g/mol. The molecule has 0 aromatic rings. The van der Waals surface area contributed by atoms with E-state index in [4.69, 9.17) is 0 Å². The summed E-state index contributed by atoms with van der Waals surface area (Å²) in [5.74, 6) is 2.60. The highest BCUT2D eigenvalue weighted by molar-refractivity contribution is 4.72. The molecule has 1 aliphatic rings. The third-order valence-corrected chi connectivity index (χ3v) is 3.97. The van der Waals surface area contributed by atoms with Crippen LogP contribution in [-0.4, -0.2) is 37.6 Å². The normalized spacial score (nSPS) is 23.3. The minimum absolute atomic E-state index is 0.768. The molecule has 0 saturated carbocycles. The molecule has 0 radical (unpaired) electrons. The summed E-state index contributed by atoms with van der Waals surface area (Å²) >= 11 is 0. The fraction of sp³-hybridized carbons (Fsp3) is 1.00. The Balaban J connectivity index is 2.14. The molecule has 0 bridgehead atoms. The third kappa shape index (κ3) is 6.42. The highest BCUT2D eigenvalue weighted by Gasteiger charge is 2.18. The van der Waals surface area contributed by atoms with Crippen molar-refractivity contribution < 1.29 is 0 Å². The van der Waals surface area contributed by atoms with E-state index in [1.807, 2.05) is 0 Å². The van der Waals surface area contributed by atoms with Crippen molar-refractivity contribution in [2.24, 2.45) is 17.8 Å². The Labute approximate surface area is 108 Å². The number of rotatable bonds is 6. The number of hydrogen-bond donors (Lipinski definition) is 1. The van der Waals surface area contributed by atoms with Crippen molar-refractivity contribution in [1.82, 2.24) is 10.2 Å². The zero-order valence-corrected chi connectivity index (χ0v) is 12.3. The lowest BCUT2D eigenvalue weighted by atomic mass is 9.89. The van der Waals surface area contributed by atoms with E-state index in [2.05, 4.69) is 37.9 Å². The van der Waals surface area contributed by atoms with Gasteiger partial charge in [-0.2, -0.15) is 0 Å². The van der Waals surface area contributed by atoms with Crippen LogP contribution in [0.2, 0.25) is 0 Å². The molecular weight excluding hydrogens is 208 g/mol. The molecule has 0 spiro atoms. The van der Waals surface area contributed by atoms with Gasteiger partial charge in [-0.1, -0.05) is 27.7 Å². The average Bonchev–Trinajstić information content (AvgIpc) is 2.49. The molecular formula is C15H32N2. The zero-order valence-electron chi connectivity index (χ0n) is 12.3. The summed E-state index contributed by atoms with van der Waals surface area (Å²) in [5.41, 5.74) is 0. The summed E-state index contributed by atoms with van der Waals surface area (Å²) in [6.07, 6.45) is 4.24. The van der Waals surface area contributed by atoms with Crippen LogP contribution in [0.4, 0.5) is 0 Å². The van der Waals surface area contributed by atoms with Gasteiger partial charge in [0.1, 0.15) is 0 Å². The minimum Gasteiger partial charge on any atom is -0.315 e. The van der Waals surface area contributed by atoms with E-state index in [1.165, 1.54) is 38.9 Å². The Morgan fingerprint density at radius 2 is 1.88 bits per heavy atom. The van der Waals surface area contributed by atoms with Gasteiger partial charge in [0.05, 0.1) is 0 Å². The van der Waals surface area contributed by atoms with Crippen LogP contribution >= 0.6 is 0 Å². The molecule has 1 N–H and O–H groups in total. The molecule has 1 unspecified atom stereocenters. The van der Waals surface area contributed by atoms with Crippen LogP contribution in [-0.2, 0) is 0 Å². The largest absolute Gasteiger partial charge is 0.315 e. The maximum absolute atomic E-state index is 3.54. The number of nitrogens with zero attached hydrogens (tertiary/aromatic N) is 1. The second kappa shape index (κ2) is 8.10. The van der Waals surface area contributed by atoms with E-state index in [0.29, 0.717) is 0 Å². The summed E-state index contributed by atoms with van der Waals surface area (Å²) in [7, 11) is 0. The number of hydrogen-bond acceptors (Lipinski definition) is 2. The van der Waals surface area contributed by atoms with Crippen LogP contribution in [0.3, 0.4) is 0 Å². The lowest BCUT2D eigenvalue weighted by Crippen LogP contribution is -2.34. The quantitative estimate of drug-likeness (QED) is 0.718. The first kappa shape index (κ1) is 15.0. The van der Waals surface area contributed by atoms with Gasteiger partial charge < -0.3 is 10.2 Å². The van der Waals surface area contributed by atoms with Gasteiger partial charge in [-0.3, -0.25) is 0 Å². The van der Waals surface area contributed by atoms with Crippen LogP contribution in [0.15, 0.2) is 0 Å². The Hall–Kier alpha value is -0.0800. The predicted octanol–water partition coefficient (Wildman–Crippen LogP) is 2.99. The maximum Gasteiger partial charge on any atom is 0.0107 e. The van der Waals surface area contributed by atoms with E-state index >= 15 is 0 Å². The molecule has 0 aromatic carbocycles. The smallest absolute Gasteiger partial charge is 0.0107 e. The molecule has 1 saturated heterocycles. The summed E-state index contributed by atoms with van der Waals surface area (Å²) in [4.78, 5) is 2.65. The van der Waals surface area contributed by atoms with Crippen LogP contribution in [0.1, 0.15) is 47.0 Å². The topological polar surface area (TPSA) is 15.3 Å². The summed E-state index contributed by atoms with van der Waals surface area (Å²) in [6.45, 7) is 15.5. The second-order valence-corrected chi connectivity index (χ2v) is 6.37. The van der Waals surface area contributed by atoms with Gasteiger partial charge in [-0.05, 0) is 56.7 Å². The van der Waals surface area contributed by atoms with E-state index in [-0.39, 0.29) is 0 Å². The highest BCUT2D eigenvalue weighted by Crippen LogP contribution is 2.24. The SMILES string of the molecule is CC(C)CNCCN1CCCC(C(C)C)CC1. The molecule has 2 heteroatoms. The van der Waals surface area contributed by atoms with Gasteiger partial charge in [0.2, 0.25) is 0 Å². The summed E-state index contributed by atoms with van der Waals surface area (Å²) in [6, 6.07) is 0. The van der Waals surface area contributed by atoms with Gasteiger partial charge in [0, 0.05) is 13.1 Å². The predicted molar refractivity (Wildman–Crippen MR) is 76.3 cm³/mol. The fourth-order valence-corrected chi connectivity index (χ4v) is 2.70. The Morgan fingerprint density at radius 1 is 1.12 bits per heavy atom. The maximum atomic E-state index is 3.54. The van der Waals surface area contributed by atoms with Crippen molar-refractivity contribution in [3.63, 3.8) is 0 Å². The van der Waals surface area contributed by atoms with Crippen LogP contribution in [0.5, 0.6) is 0 Å². The van der Waals surface area contributed by atoms with Crippen molar-refractivity contribution in [1.29, 1.82) is 0 Å². The molecule has 0 aliphatic carbocycles. The fourth-order valence-electron chi connectivity index (χ4n) is 2.70. The minimum atomic E-state index is 0.768. The third-order valence-electron chi connectivity index (χ3n) is 3.97. The van der Waals surface area contributed by atoms with Crippen molar-refractivity contribution in [2.45, 2.75) is 47.0 Å². The molecule has 2 nitrogen and oxygen atoms in total. The molecule has 0 aromatic heterocycles. The van der Waals surface area contributed by atoms with Crippen LogP contribution < -0.4 is 5.32 Å². The lowest BCUT2D eigenvalue weighted by molar-refractivity contribution is 0.270. The molecule has 1 rings (SSSR count). The Bertz CT molecular complexity index is 189. The van der Waals surface area contributed by atoms with Gasteiger partial charge >= 0.3 is 0 Å². The van der Waals surface area contributed by atoms with Crippen molar-refractivity contribution in [2.75, 3.05) is 32.7 Å². The molecule has 0 amide bonds. The molecule has 1 heterocycles. The van der Waals surface area contributed by atoms with Crippen LogP contribution in [0.25, 0.3) is 0 Å². The van der Waals surface area contributed by atoms with Gasteiger partial charge in [-0.15, -0.1) is 0 Å². The monoisotopic (exact) mass is 240 g/mol. The zero-order chi connectivity index (χ0) is 12.7. The van der Waals surface area contributed by atoms with Gasteiger partial charge in [-0.25, -0.2) is 0 Å². The lowest BCUT2D eigenvalue weighted by Gasteiger charge is -2.21. The molecule has 17 heavy (non-hydrogen) atoms. The highest BCUT2D eigenvalue weighted by atomic mass is 15.1. The first-order chi connectivity index (χ1) is 8.09. The second-order valence-electron chi connectivity index (χ2n) is 6.37. The van der Waals surface area contributed by atoms with Gasteiger partial charge in [0.25, 0.3) is 0 Å². The molecule has 1 atom stereocenters. The van der Waals surface area contributed by atoms with E-state index < -0.39 is 0 Å². The van der Waals surface area contributed by atoms with Gasteiger partial charge in [0.15, 0.2) is 0 Å². The first-order valence-corrected chi connectivity index (χ1v) is 7.52. The number of likely N-dealkylation sites (tertiary alicyclic amines) is 1. The van der Waals surface area contributed by atoms with Crippen molar-refractivity contribution in [3.05, 3.63) is 0 Å². The van der Waals surface area contributed by atoms with Crippen LogP contribution in [0, 0.1) is 17.8 Å². The standard InChI is InChI=1S/C15H32N2/c1-13(2)12-16-8-11-17-9-5-6-15(7-10-17)14(3)4/h13-16H,5-12H2,1-4H3. The first-order valence-electron chi connectivity index (χ1n) is 7.52. The number of nitrogens with one attached hydrogen (secondary N) is 1. The van der Waals surface area contributed by atoms with Crippen molar-refractivity contribution in [3.8, 4) is 0 Å².